The molecule has 0 amide bonds. The van der Waals surface area contributed by atoms with E-state index in [1.54, 1.807) is 0 Å². The molecular formula is C16H13BrO3. The van der Waals surface area contributed by atoms with Gasteiger partial charge in [-0.2, -0.15) is 0 Å². The fourth-order valence-corrected chi connectivity index (χ4v) is 3.30. The molecule has 2 aromatic rings. The van der Waals surface area contributed by atoms with Crippen molar-refractivity contribution in [1.82, 2.24) is 0 Å². The van der Waals surface area contributed by atoms with Crippen LogP contribution in [0.2, 0.25) is 0 Å². The SMILES string of the molecule is O[C@H]1c2cc(Br)ccc2O[C@]12CCc1ccccc1O2. The van der Waals surface area contributed by atoms with Gasteiger partial charge in [0.2, 0.25) is 0 Å². The molecule has 4 rings (SSSR count). The van der Waals surface area contributed by atoms with Gasteiger partial charge in [0.15, 0.2) is 6.10 Å². The van der Waals surface area contributed by atoms with E-state index in [0.717, 1.165) is 27.8 Å². The molecule has 1 N–H and O–H groups in total. The number of hydrogen-bond donors (Lipinski definition) is 1. The van der Waals surface area contributed by atoms with Gasteiger partial charge in [-0.05, 0) is 36.2 Å². The summed E-state index contributed by atoms with van der Waals surface area (Å²) >= 11 is 3.42. The molecule has 0 aromatic heterocycles. The van der Waals surface area contributed by atoms with Crippen LogP contribution in [0.5, 0.6) is 11.5 Å². The number of halogens is 1. The van der Waals surface area contributed by atoms with Crippen LogP contribution in [-0.2, 0) is 6.42 Å². The van der Waals surface area contributed by atoms with E-state index >= 15 is 0 Å². The monoisotopic (exact) mass is 332 g/mol. The molecule has 0 aliphatic carbocycles. The summed E-state index contributed by atoms with van der Waals surface area (Å²) in [5.74, 6) is 0.502. The normalized spacial score (nSPS) is 26.6. The Balaban J connectivity index is 1.75. The second kappa shape index (κ2) is 4.24. The van der Waals surface area contributed by atoms with Crippen LogP contribution < -0.4 is 9.47 Å². The first-order chi connectivity index (χ1) is 9.68. The third kappa shape index (κ3) is 1.68. The lowest BCUT2D eigenvalue weighted by molar-refractivity contribution is -0.179. The second-order valence-corrected chi connectivity index (χ2v) is 6.12. The molecule has 102 valence electrons. The lowest BCUT2D eigenvalue weighted by atomic mass is 9.94. The van der Waals surface area contributed by atoms with Gasteiger partial charge in [-0.3, -0.25) is 0 Å². The number of fused-ring (bicyclic) bond motifs is 2. The van der Waals surface area contributed by atoms with E-state index in [1.165, 1.54) is 0 Å². The standard InChI is InChI=1S/C16H13BrO3/c17-11-5-6-14-12(9-11)15(18)16(20-14)8-7-10-3-1-2-4-13(10)19-16/h1-6,9,15,18H,7-8H2/t15-,16+/m0/s1. The Kier molecular flexibility index (Phi) is 2.59. The molecule has 20 heavy (non-hydrogen) atoms. The minimum absolute atomic E-state index is 0.636. The molecule has 0 saturated carbocycles. The molecule has 2 atom stereocenters. The first kappa shape index (κ1) is 12.2. The minimum atomic E-state index is -0.989. The van der Waals surface area contributed by atoms with Crippen molar-refractivity contribution in [3.63, 3.8) is 0 Å². The third-order valence-corrected chi connectivity index (χ3v) is 4.46. The first-order valence-electron chi connectivity index (χ1n) is 6.61. The van der Waals surface area contributed by atoms with Crippen molar-refractivity contribution in [1.29, 1.82) is 0 Å². The van der Waals surface area contributed by atoms with Crippen molar-refractivity contribution >= 4 is 15.9 Å². The van der Waals surface area contributed by atoms with Gasteiger partial charge in [0.05, 0.1) is 0 Å². The van der Waals surface area contributed by atoms with E-state index in [0.29, 0.717) is 12.2 Å². The Hall–Kier alpha value is -1.52. The molecule has 0 unspecified atom stereocenters. The summed E-state index contributed by atoms with van der Waals surface area (Å²) < 4.78 is 12.9. The van der Waals surface area contributed by atoms with Gasteiger partial charge in [0.25, 0.3) is 5.79 Å². The van der Waals surface area contributed by atoms with Crippen LogP contribution in [-0.4, -0.2) is 10.9 Å². The highest BCUT2D eigenvalue weighted by molar-refractivity contribution is 9.10. The Bertz CT molecular complexity index is 685. The molecule has 2 aliphatic rings. The van der Waals surface area contributed by atoms with Crippen LogP contribution in [0, 0.1) is 0 Å². The topological polar surface area (TPSA) is 38.7 Å². The van der Waals surface area contributed by atoms with Crippen molar-refractivity contribution in [3.8, 4) is 11.5 Å². The summed E-state index contributed by atoms with van der Waals surface area (Å²) in [4.78, 5) is 0. The van der Waals surface area contributed by atoms with Gasteiger partial charge in [-0.15, -0.1) is 0 Å². The maximum atomic E-state index is 10.6. The van der Waals surface area contributed by atoms with Gasteiger partial charge >= 0.3 is 0 Å². The number of aryl methyl sites for hydroxylation is 1. The molecule has 4 heteroatoms. The van der Waals surface area contributed by atoms with Crippen LogP contribution in [0.4, 0.5) is 0 Å². The quantitative estimate of drug-likeness (QED) is 0.801. The summed E-state index contributed by atoms with van der Waals surface area (Å²) in [6.45, 7) is 0. The largest absolute Gasteiger partial charge is 0.449 e. The van der Waals surface area contributed by atoms with E-state index in [-0.39, 0.29) is 0 Å². The smallest absolute Gasteiger partial charge is 0.281 e. The molecule has 2 aliphatic heterocycles. The number of benzene rings is 2. The van der Waals surface area contributed by atoms with Crippen LogP contribution in [0.15, 0.2) is 46.9 Å². The molecule has 2 aromatic carbocycles. The number of rotatable bonds is 0. The lowest BCUT2D eigenvalue weighted by Crippen LogP contribution is -2.46. The van der Waals surface area contributed by atoms with Crippen molar-refractivity contribution in [2.24, 2.45) is 0 Å². The fraction of sp³-hybridized carbons (Fsp3) is 0.250. The molecular weight excluding hydrogens is 320 g/mol. The predicted octanol–water partition coefficient (Wildman–Crippen LogP) is 3.60. The molecule has 1 spiro atoms. The van der Waals surface area contributed by atoms with Crippen molar-refractivity contribution in [3.05, 3.63) is 58.1 Å². The lowest BCUT2D eigenvalue weighted by Gasteiger charge is -2.36. The van der Waals surface area contributed by atoms with Gasteiger partial charge in [0.1, 0.15) is 11.5 Å². The molecule has 0 saturated heterocycles. The maximum Gasteiger partial charge on any atom is 0.281 e. The van der Waals surface area contributed by atoms with E-state index < -0.39 is 11.9 Å². The van der Waals surface area contributed by atoms with Gasteiger partial charge < -0.3 is 14.6 Å². The van der Waals surface area contributed by atoms with Gasteiger partial charge in [-0.1, -0.05) is 34.1 Å². The van der Waals surface area contributed by atoms with Crippen molar-refractivity contribution in [2.45, 2.75) is 24.7 Å². The first-order valence-corrected chi connectivity index (χ1v) is 7.41. The van der Waals surface area contributed by atoms with E-state index in [1.807, 2.05) is 42.5 Å². The minimum Gasteiger partial charge on any atom is -0.449 e. The zero-order chi connectivity index (χ0) is 13.7. The fourth-order valence-electron chi connectivity index (χ4n) is 2.93. The highest BCUT2D eigenvalue weighted by Gasteiger charge is 2.52. The molecule has 0 radical (unpaired) electrons. The number of aliphatic hydroxyl groups is 1. The molecule has 3 nitrogen and oxygen atoms in total. The van der Waals surface area contributed by atoms with E-state index in [2.05, 4.69) is 15.9 Å². The zero-order valence-electron chi connectivity index (χ0n) is 10.7. The summed E-state index contributed by atoms with van der Waals surface area (Å²) in [7, 11) is 0. The van der Waals surface area contributed by atoms with Crippen LogP contribution in [0.25, 0.3) is 0 Å². The van der Waals surface area contributed by atoms with Crippen molar-refractivity contribution < 1.29 is 14.6 Å². The van der Waals surface area contributed by atoms with Gasteiger partial charge in [-0.25, -0.2) is 0 Å². The Morgan fingerprint density at radius 2 is 1.90 bits per heavy atom. The van der Waals surface area contributed by atoms with Gasteiger partial charge in [0, 0.05) is 16.5 Å². The predicted molar refractivity (Wildman–Crippen MR) is 77.9 cm³/mol. The highest BCUT2D eigenvalue weighted by atomic mass is 79.9. The molecule has 0 fully saturated rings. The maximum absolute atomic E-state index is 10.6. The van der Waals surface area contributed by atoms with E-state index in [4.69, 9.17) is 9.47 Å². The second-order valence-electron chi connectivity index (χ2n) is 5.21. The van der Waals surface area contributed by atoms with Crippen LogP contribution in [0.1, 0.15) is 23.7 Å². The average Bonchev–Trinajstić information content (AvgIpc) is 2.72. The number of para-hydroxylation sites is 1. The summed E-state index contributed by atoms with van der Waals surface area (Å²) in [5, 5.41) is 10.6. The van der Waals surface area contributed by atoms with E-state index in [9.17, 15) is 5.11 Å². The Morgan fingerprint density at radius 1 is 1.10 bits per heavy atom. The Morgan fingerprint density at radius 3 is 2.80 bits per heavy atom. The van der Waals surface area contributed by atoms with Crippen LogP contribution >= 0.6 is 15.9 Å². The highest BCUT2D eigenvalue weighted by Crippen LogP contribution is 2.49. The summed E-state index contributed by atoms with van der Waals surface area (Å²) in [6.07, 6.45) is 0.697. The third-order valence-electron chi connectivity index (χ3n) is 3.96. The summed E-state index contributed by atoms with van der Waals surface area (Å²) in [5.41, 5.74) is 1.94. The zero-order valence-corrected chi connectivity index (χ0v) is 12.3. The van der Waals surface area contributed by atoms with Crippen LogP contribution in [0.3, 0.4) is 0 Å². The number of hydrogen-bond acceptors (Lipinski definition) is 3. The molecule has 2 heterocycles. The van der Waals surface area contributed by atoms with Crippen molar-refractivity contribution in [2.75, 3.05) is 0 Å². The molecule has 0 bridgehead atoms. The number of aliphatic hydroxyl groups excluding tert-OH is 1. The average molecular weight is 333 g/mol. The number of ether oxygens (including phenoxy) is 2. The Labute approximate surface area is 125 Å². The summed E-state index contributed by atoms with van der Waals surface area (Å²) in [6, 6.07) is 13.6.